The van der Waals surface area contributed by atoms with Crippen molar-refractivity contribution in [2.45, 2.75) is 131 Å². The first-order valence-electron chi connectivity index (χ1n) is 14.3. The molecule has 4 aliphatic rings. The average Bonchev–Trinajstić information content (AvgIpc) is 3.08. The molecule has 5 unspecified atom stereocenters. The Bertz CT molecular complexity index is 740. The highest BCUT2D eigenvalue weighted by Crippen LogP contribution is 2.70. The van der Waals surface area contributed by atoms with E-state index in [1.807, 2.05) is 0 Å². The van der Waals surface area contributed by atoms with Gasteiger partial charge in [0.2, 0.25) is 0 Å². The maximum Gasteiger partial charge on any atom is 0.394 e. The van der Waals surface area contributed by atoms with Gasteiger partial charge in [0.15, 0.2) is 0 Å². The molecule has 198 valence electrons. The highest BCUT2D eigenvalue weighted by molar-refractivity contribution is 5.11. The lowest BCUT2D eigenvalue weighted by Crippen LogP contribution is -2.56. The Morgan fingerprint density at radius 3 is 2.09 bits per heavy atom. The largest absolute Gasteiger partial charge is 0.394 e. The Morgan fingerprint density at radius 2 is 1.47 bits per heavy atom. The maximum absolute atomic E-state index is 13.8. The third-order valence-electron chi connectivity index (χ3n) is 12.3. The normalized spacial score (nSPS) is 46.9. The lowest BCUT2D eigenvalue weighted by Gasteiger charge is -2.62. The molecular formula is C30H51F3O. The first-order chi connectivity index (χ1) is 15.5. The van der Waals surface area contributed by atoms with Crippen molar-refractivity contribution in [2.24, 2.45) is 57.2 Å². The van der Waals surface area contributed by atoms with E-state index >= 15 is 0 Å². The van der Waals surface area contributed by atoms with Crippen molar-refractivity contribution >= 4 is 0 Å². The van der Waals surface area contributed by atoms with Crippen molar-refractivity contribution in [3.63, 3.8) is 0 Å². The maximum atomic E-state index is 13.8. The Labute approximate surface area is 207 Å². The number of rotatable bonds is 4. The first-order valence-corrected chi connectivity index (χ1v) is 14.3. The summed E-state index contributed by atoms with van der Waals surface area (Å²) in [7, 11) is 0. The van der Waals surface area contributed by atoms with Crippen LogP contribution < -0.4 is 0 Å². The molecule has 10 atom stereocenters. The molecule has 4 rings (SSSR count). The number of fused-ring (bicyclic) bond motifs is 5. The van der Waals surface area contributed by atoms with Gasteiger partial charge in [0, 0.05) is 0 Å². The van der Waals surface area contributed by atoms with Gasteiger partial charge in [-0.15, -0.1) is 0 Å². The minimum Gasteiger partial charge on any atom is -0.393 e. The van der Waals surface area contributed by atoms with E-state index in [9.17, 15) is 18.3 Å². The lowest BCUT2D eigenvalue weighted by atomic mass is 9.42. The molecule has 4 heteroatoms. The van der Waals surface area contributed by atoms with Gasteiger partial charge in [0.1, 0.15) is 0 Å². The fourth-order valence-electron chi connectivity index (χ4n) is 9.74. The molecule has 4 aliphatic carbocycles. The summed E-state index contributed by atoms with van der Waals surface area (Å²) in [4.78, 5) is 0. The van der Waals surface area contributed by atoms with Gasteiger partial charge >= 0.3 is 6.18 Å². The van der Waals surface area contributed by atoms with Gasteiger partial charge in [-0.05, 0) is 122 Å². The van der Waals surface area contributed by atoms with Crippen molar-refractivity contribution in [3.05, 3.63) is 0 Å². The minimum absolute atomic E-state index is 0.0594. The van der Waals surface area contributed by atoms with Gasteiger partial charge in [-0.25, -0.2) is 0 Å². The smallest absolute Gasteiger partial charge is 0.393 e. The number of aliphatic hydroxyl groups excluding tert-OH is 1. The Hall–Kier alpha value is -0.250. The van der Waals surface area contributed by atoms with Crippen molar-refractivity contribution in [1.82, 2.24) is 0 Å². The molecule has 0 heterocycles. The van der Waals surface area contributed by atoms with E-state index < -0.39 is 11.6 Å². The van der Waals surface area contributed by atoms with E-state index in [1.54, 1.807) is 0 Å². The van der Waals surface area contributed by atoms with Crippen LogP contribution >= 0.6 is 0 Å². The van der Waals surface area contributed by atoms with Crippen LogP contribution in [0.15, 0.2) is 0 Å². The van der Waals surface area contributed by atoms with E-state index in [4.69, 9.17) is 0 Å². The summed E-state index contributed by atoms with van der Waals surface area (Å²) in [6.45, 7) is 15.2. The Morgan fingerprint density at radius 1 is 0.824 bits per heavy atom. The molecule has 34 heavy (non-hydrogen) atoms. The lowest BCUT2D eigenvalue weighted by molar-refractivity contribution is -0.251. The molecule has 0 aromatic rings. The summed E-state index contributed by atoms with van der Waals surface area (Å²) in [5.74, 6) is 3.62. The van der Waals surface area contributed by atoms with Crippen LogP contribution in [0.25, 0.3) is 0 Å². The van der Waals surface area contributed by atoms with Crippen molar-refractivity contribution < 1.29 is 18.3 Å². The van der Waals surface area contributed by atoms with Crippen LogP contribution in [0.1, 0.15) is 119 Å². The number of halogens is 3. The SMILES string of the molecule is C[C@H](CCC(O)C(C)(C)C)[C@H]1CC[C@H]2C3CCC4C[C@](C)(C(F)(F)F)CCC4(C)C3CC[C@]12C. The van der Waals surface area contributed by atoms with Crippen molar-refractivity contribution in [3.8, 4) is 0 Å². The van der Waals surface area contributed by atoms with E-state index in [0.717, 1.165) is 43.9 Å². The molecule has 4 saturated carbocycles. The summed E-state index contributed by atoms with van der Waals surface area (Å²) >= 11 is 0. The van der Waals surface area contributed by atoms with Gasteiger partial charge in [-0.2, -0.15) is 13.2 Å². The molecule has 0 aromatic heterocycles. The highest BCUT2D eigenvalue weighted by Gasteiger charge is 2.64. The summed E-state index contributed by atoms with van der Waals surface area (Å²) < 4.78 is 41.5. The zero-order chi connectivity index (χ0) is 25.3. The van der Waals surface area contributed by atoms with E-state index in [2.05, 4.69) is 41.5 Å². The van der Waals surface area contributed by atoms with Crippen LogP contribution in [-0.2, 0) is 0 Å². The van der Waals surface area contributed by atoms with Gasteiger partial charge in [-0.3, -0.25) is 0 Å². The van der Waals surface area contributed by atoms with Gasteiger partial charge < -0.3 is 5.11 Å². The second kappa shape index (κ2) is 8.66. The highest BCUT2D eigenvalue weighted by atomic mass is 19.4. The van der Waals surface area contributed by atoms with E-state index in [-0.39, 0.29) is 22.9 Å². The molecular weight excluding hydrogens is 433 g/mol. The molecule has 0 amide bonds. The molecule has 0 bridgehead atoms. The molecule has 0 aromatic carbocycles. The first kappa shape index (κ1) is 26.8. The number of hydrogen-bond donors (Lipinski definition) is 1. The van der Waals surface area contributed by atoms with Crippen LogP contribution in [0.4, 0.5) is 13.2 Å². The fraction of sp³-hybridized carbons (Fsp3) is 1.00. The summed E-state index contributed by atoms with van der Waals surface area (Å²) in [5, 5.41) is 10.6. The zero-order valence-corrected chi connectivity index (χ0v) is 22.9. The van der Waals surface area contributed by atoms with Gasteiger partial charge in [-0.1, -0.05) is 48.5 Å². The molecule has 0 aliphatic heterocycles. The molecule has 4 fully saturated rings. The van der Waals surface area contributed by atoms with Crippen LogP contribution in [0.3, 0.4) is 0 Å². The minimum atomic E-state index is -4.08. The predicted molar refractivity (Wildman–Crippen MR) is 133 cm³/mol. The van der Waals surface area contributed by atoms with Crippen LogP contribution in [0.2, 0.25) is 0 Å². The predicted octanol–water partition coefficient (Wildman–Crippen LogP) is 9.04. The van der Waals surface area contributed by atoms with E-state index in [1.165, 1.54) is 32.6 Å². The van der Waals surface area contributed by atoms with Crippen molar-refractivity contribution in [2.75, 3.05) is 0 Å². The molecule has 1 N–H and O–H groups in total. The topological polar surface area (TPSA) is 20.2 Å². The Balaban J connectivity index is 1.46. The fourth-order valence-corrected chi connectivity index (χ4v) is 9.74. The molecule has 0 saturated heterocycles. The summed E-state index contributed by atoms with van der Waals surface area (Å²) in [5.41, 5.74) is -1.09. The summed E-state index contributed by atoms with van der Waals surface area (Å²) in [6, 6.07) is 0. The third kappa shape index (κ3) is 4.28. The summed E-state index contributed by atoms with van der Waals surface area (Å²) in [6.07, 6.45) is 6.24. The number of alkyl halides is 3. The van der Waals surface area contributed by atoms with Crippen LogP contribution in [-0.4, -0.2) is 17.4 Å². The van der Waals surface area contributed by atoms with Gasteiger partial charge in [0.25, 0.3) is 0 Å². The number of hydrogen-bond acceptors (Lipinski definition) is 1. The third-order valence-corrected chi connectivity index (χ3v) is 12.3. The molecule has 0 spiro atoms. The standard InChI is InChI=1S/C30H51F3O/c1-19(8-13-25(34)26(2,3)4)22-11-12-23-21-10-9-20-18-27(5,30(31,32)33)16-17-28(20,6)24(21)14-15-29(22,23)7/h19-25,34H,8-18H2,1-7H3/t19-,20?,21?,22-,23+,24?,25?,27-,28?,29-/m1/s1. The zero-order valence-electron chi connectivity index (χ0n) is 22.9. The van der Waals surface area contributed by atoms with E-state index in [0.29, 0.717) is 36.0 Å². The average molecular weight is 485 g/mol. The van der Waals surface area contributed by atoms with Crippen molar-refractivity contribution in [1.29, 1.82) is 0 Å². The molecule has 1 nitrogen and oxygen atoms in total. The van der Waals surface area contributed by atoms with Crippen LogP contribution in [0, 0.1) is 57.2 Å². The Kier molecular flexibility index (Phi) is 6.83. The second-order valence-corrected chi connectivity index (χ2v) is 15.1. The van der Waals surface area contributed by atoms with Gasteiger partial charge in [0.05, 0.1) is 11.5 Å². The van der Waals surface area contributed by atoms with Crippen LogP contribution in [0.5, 0.6) is 0 Å². The quantitative estimate of drug-likeness (QED) is 0.422. The molecule has 0 radical (unpaired) electrons. The number of aliphatic hydroxyl groups is 1. The second-order valence-electron chi connectivity index (χ2n) is 15.1. The monoisotopic (exact) mass is 484 g/mol.